The van der Waals surface area contributed by atoms with Crippen molar-refractivity contribution in [1.29, 1.82) is 0 Å². The third-order valence-electron chi connectivity index (χ3n) is 6.00. The molecule has 2 N–H and O–H groups in total. The van der Waals surface area contributed by atoms with Crippen LogP contribution in [0.15, 0.2) is 59.5 Å². The lowest BCUT2D eigenvalue weighted by molar-refractivity contribution is -0.118. The molecule has 188 valence electrons. The topological polar surface area (TPSA) is 101 Å². The third kappa shape index (κ3) is 4.82. The Morgan fingerprint density at radius 1 is 1.17 bits per heavy atom. The van der Waals surface area contributed by atoms with E-state index < -0.39 is 46.5 Å². The number of aliphatic hydroxyl groups excluding tert-OH is 1. The number of methoxy groups -OCH3 is 1. The summed E-state index contributed by atoms with van der Waals surface area (Å²) in [6, 6.07) is 9.39. The summed E-state index contributed by atoms with van der Waals surface area (Å²) in [5.74, 6) is -4.49. The van der Waals surface area contributed by atoms with Crippen LogP contribution < -0.4 is 20.5 Å². The van der Waals surface area contributed by atoms with Gasteiger partial charge in [-0.3, -0.25) is 14.4 Å². The maximum atomic E-state index is 15.1. The fourth-order valence-electron chi connectivity index (χ4n) is 4.24. The van der Waals surface area contributed by atoms with Crippen LogP contribution in [0.5, 0.6) is 5.75 Å². The number of benzene rings is 2. The molecule has 0 radical (unpaired) electrons. The van der Waals surface area contributed by atoms with E-state index in [0.717, 1.165) is 17.0 Å². The number of hydrogen-bond acceptors (Lipinski definition) is 5. The molecule has 2 heterocycles. The van der Waals surface area contributed by atoms with E-state index in [-0.39, 0.29) is 36.7 Å². The molecular weight excluding hydrogens is 496 g/mol. The zero-order valence-corrected chi connectivity index (χ0v) is 19.8. The number of nitrogens with zero attached hydrogens (tertiary/aromatic N) is 2. The second kappa shape index (κ2) is 10.5. The molecule has 36 heavy (non-hydrogen) atoms. The van der Waals surface area contributed by atoms with E-state index in [1.54, 1.807) is 0 Å². The van der Waals surface area contributed by atoms with Gasteiger partial charge in [0.25, 0.3) is 11.5 Å². The Kier molecular flexibility index (Phi) is 7.37. The molecule has 1 aliphatic heterocycles. The van der Waals surface area contributed by atoms with Crippen LogP contribution in [0.25, 0.3) is 0 Å². The molecule has 2 aromatic carbocycles. The largest absolute Gasteiger partial charge is 0.497 e. The van der Waals surface area contributed by atoms with Gasteiger partial charge >= 0.3 is 0 Å². The number of hydrogen-bond donors (Lipinski definition) is 2. The Hall–Kier alpha value is -3.76. The highest BCUT2D eigenvalue weighted by Gasteiger charge is 2.46. The minimum absolute atomic E-state index is 0.00337. The van der Waals surface area contributed by atoms with Crippen LogP contribution in [-0.2, 0) is 11.3 Å². The van der Waals surface area contributed by atoms with Gasteiger partial charge in [0.05, 0.1) is 13.7 Å². The molecular formula is C25H22ClF2N3O5. The summed E-state index contributed by atoms with van der Waals surface area (Å²) in [5, 5.41) is 12.2. The normalized spacial score (nSPS) is 17.4. The van der Waals surface area contributed by atoms with Crippen LogP contribution in [0.4, 0.5) is 14.5 Å². The first-order valence-corrected chi connectivity index (χ1v) is 11.3. The number of amides is 2. The highest BCUT2D eigenvalue weighted by molar-refractivity contribution is 6.30. The van der Waals surface area contributed by atoms with E-state index in [1.165, 1.54) is 54.3 Å². The highest BCUT2D eigenvalue weighted by atomic mass is 35.5. The zero-order chi connectivity index (χ0) is 26.0. The lowest BCUT2D eigenvalue weighted by atomic mass is 9.92. The van der Waals surface area contributed by atoms with Crippen molar-refractivity contribution in [3.05, 3.63) is 92.9 Å². The van der Waals surface area contributed by atoms with E-state index in [2.05, 4.69) is 5.32 Å². The van der Waals surface area contributed by atoms with Crippen molar-refractivity contribution in [2.75, 3.05) is 25.2 Å². The smallest absolute Gasteiger partial charge is 0.274 e. The summed E-state index contributed by atoms with van der Waals surface area (Å²) in [4.78, 5) is 40.5. The summed E-state index contributed by atoms with van der Waals surface area (Å²) in [5.41, 5.74) is -0.845. The summed E-state index contributed by atoms with van der Waals surface area (Å²) in [6.45, 7) is -0.582. The van der Waals surface area contributed by atoms with Gasteiger partial charge in [0.1, 0.15) is 29.1 Å². The van der Waals surface area contributed by atoms with Gasteiger partial charge in [-0.25, -0.2) is 8.78 Å². The fourth-order valence-corrected chi connectivity index (χ4v) is 4.37. The molecule has 1 fully saturated rings. The molecule has 0 bridgehead atoms. The second-order valence-electron chi connectivity index (χ2n) is 8.13. The molecule has 4 rings (SSSR count). The number of aromatic nitrogens is 1. The number of pyridine rings is 1. The molecule has 2 atom stereocenters. The zero-order valence-electron chi connectivity index (χ0n) is 19.1. The number of halogens is 3. The molecule has 1 aliphatic rings. The molecule has 2 amide bonds. The number of ether oxygens (including phenoxy) is 1. The lowest BCUT2D eigenvalue weighted by Crippen LogP contribution is -2.44. The number of aliphatic hydroxyl groups is 1. The van der Waals surface area contributed by atoms with E-state index in [9.17, 15) is 19.5 Å². The van der Waals surface area contributed by atoms with Crippen LogP contribution in [0, 0.1) is 11.6 Å². The van der Waals surface area contributed by atoms with Crippen LogP contribution >= 0.6 is 11.6 Å². The van der Waals surface area contributed by atoms with Gasteiger partial charge in [-0.05, 0) is 36.4 Å². The Labute approximate surface area is 209 Å². The number of anilines is 1. The molecule has 0 aliphatic carbocycles. The number of rotatable bonds is 7. The average Bonchev–Trinajstić information content (AvgIpc) is 3.15. The first-order chi connectivity index (χ1) is 17.2. The van der Waals surface area contributed by atoms with Crippen molar-refractivity contribution < 1.29 is 28.2 Å². The minimum atomic E-state index is -1.38. The van der Waals surface area contributed by atoms with Gasteiger partial charge in [0.15, 0.2) is 0 Å². The SMILES string of the molecule is COc1cc(F)c([C@@H]2CN(c3cccn(CCO)c3=O)C(=O)C2NC(=O)c2ccc(Cl)cc2)c(F)c1. The van der Waals surface area contributed by atoms with Crippen molar-refractivity contribution in [3.8, 4) is 5.75 Å². The highest BCUT2D eigenvalue weighted by Crippen LogP contribution is 2.36. The van der Waals surface area contributed by atoms with Crippen molar-refractivity contribution in [2.45, 2.75) is 18.5 Å². The summed E-state index contributed by atoms with van der Waals surface area (Å²) < 4.78 is 36.2. The number of nitrogens with one attached hydrogen (secondary N) is 1. The Morgan fingerprint density at radius 2 is 1.83 bits per heavy atom. The monoisotopic (exact) mass is 517 g/mol. The maximum absolute atomic E-state index is 15.1. The number of carbonyl (C=O) groups is 2. The molecule has 1 unspecified atom stereocenters. The maximum Gasteiger partial charge on any atom is 0.274 e. The van der Waals surface area contributed by atoms with Gasteiger partial charge in [-0.1, -0.05) is 11.6 Å². The Bertz CT molecular complexity index is 1340. The predicted molar refractivity (Wildman–Crippen MR) is 128 cm³/mol. The Balaban J connectivity index is 1.77. The van der Waals surface area contributed by atoms with E-state index in [4.69, 9.17) is 16.3 Å². The van der Waals surface area contributed by atoms with Crippen molar-refractivity contribution in [3.63, 3.8) is 0 Å². The van der Waals surface area contributed by atoms with Crippen LogP contribution in [-0.4, -0.2) is 47.8 Å². The summed E-state index contributed by atoms with van der Waals surface area (Å²) in [7, 11) is 1.26. The van der Waals surface area contributed by atoms with E-state index in [1.807, 2.05) is 0 Å². The van der Waals surface area contributed by atoms with Gasteiger partial charge in [0.2, 0.25) is 5.91 Å². The first-order valence-electron chi connectivity index (χ1n) is 11.0. The van der Waals surface area contributed by atoms with E-state index in [0.29, 0.717) is 5.02 Å². The second-order valence-corrected chi connectivity index (χ2v) is 8.57. The summed E-state index contributed by atoms with van der Waals surface area (Å²) >= 11 is 5.88. The van der Waals surface area contributed by atoms with Crippen LogP contribution in [0.3, 0.4) is 0 Å². The van der Waals surface area contributed by atoms with E-state index >= 15 is 8.78 Å². The standard InChI is InChI=1S/C25H22ClF2N3O5/c1-36-16-11-18(27)21(19(28)12-16)17-13-31(20-3-2-8-30(9-10-32)24(20)34)25(35)22(17)29-23(33)14-4-6-15(26)7-5-14/h2-8,11-12,17,22,32H,9-10,13H2,1H3,(H,29,33)/t17-,22?/m0/s1. The Morgan fingerprint density at radius 3 is 2.44 bits per heavy atom. The van der Waals surface area contributed by atoms with Crippen molar-refractivity contribution in [1.82, 2.24) is 9.88 Å². The molecule has 0 spiro atoms. The molecule has 1 saturated heterocycles. The average molecular weight is 518 g/mol. The summed E-state index contributed by atoms with van der Waals surface area (Å²) in [6.07, 6.45) is 1.45. The van der Waals surface area contributed by atoms with Crippen LogP contribution in [0.1, 0.15) is 21.8 Å². The van der Waals surface area contributed by atoms with Crippen molar-refractivity contribution in [2.24, 2.45) is 0 Å². The number of carbonyl (C=O) groups excluding carboxylic acids is 2. The third-order valence-corrected chi connectivity index (χ3v) is 6.25. The molecule has 1 aromatic heterocycles. The molecule has 11 heteroatoms. The van der Waals surface area contributed by atoms with Gasteiger partial charge in [-0.15, -0.1) is 0 Å². The lowest BCUT2D eigenvalue weighted by Gasteiger charge is -2.20. The van der Waals surface area contributed by atoms with Gasteiger partial charge in [-0.2, -0.15) is 0 Å². The quantitative estimate of drug-likeness (QED) is 0.502. The molecule has 0 saturated carbocycles. The minimum Gasteiger partial charge on any atom is -0.497 e. The predicted octanol–water partition coefficient (Wildman–Crippen LogP) is 2.71. The van der Waals surface area contributed by atoms with Crippen LogP contribution in [0.2, 0.25) is 5.02 Å². The first kappa shape index (κ1) is 25.3. The van der Waals surface area contributed by atoms with Gasteiger partial charge < -0.3 is 24.6 Å². The molecule has 8 nitrogen and oxygen atoms in total. The molecule has 3 aromatic rings. The van der Waals surface area contributed by atoms with Gasteiger partial charge in [0, 0.05) is 53.5 Å². The van der Waals surface area contributed by atoms with Crippen molar-refractivity contribution >= 4 is 29.1 Å². The fraction of sp³-hybridized carbons (Fsp3) is 0.240.